The van der Waals surface area contributed by atoms with Crippen molar-refractivity contribution in [3.63, 3.8) is 0 Å². The van der Waals surface area contributed by atoms with Gasteiger partial charge in [0.15, 0.2) is 22.7 Å². The van der Waals surface area contributed by atoms with Crippen LogP contribution in [0.4, 0.5) is 0 Å². The minimum absolute atomic E-state index is 0.0496. The summed E-state index contributed by atoms with van der Waals surface area (Å²) < 4.78 is 49.0. The third kappa shape index (κ3) is 4.92. The molecule has 0 amide bonds. The van der Waals surface area contributed by atoms with Gasteiger partial charge in [-0.1, -0.05) is 0 Å². The number of rotatable bonds is 6. The van der Waals surface area contributed by atoms with Crippen molar-refractivity contribution in [2.24, 2.45) is 5.84 Å². The molecule has 1 heterocycles. The van der Waals surface area contributed by atoms with Crippen LogP contribution in [0.1, 0.15) is 6.42 Å². The number of hydrazine groups is 1. The summed E-state index contributed by atoms with van der Waals surface area (Å²) in [6, 6.07) is 0. The van der Waals surface area contributed by atoms with Crippen molar-refractivity contribution in [2.75, 3.05) is 13.2 Å². The van der Waals surface area contributed by atoms with E-state index >= 15 is 0 Å². The molecule has 0 radical (unpaired) electrons. The zero-order valence-electron chi connectivity index (χ0n) is 10.7. The van der Waals surface area contributed by atoms with Crippen molar-refractivity contribution in [2.45, 2.75) is 17.9 Å². The predicted molar refractivity (Wildman–Crippen MR) is 76.8 cm³/mol. The van der Waals surface area contributed by atoms with Gasteiger partial charge in [-0.05, 0) is 18.6 Å². The Morgan fingerprint density at radius 2 is 2.24 bits per heavy atom. The molecule has 0 spiro atoms. The largest absolute Gasteiger partial charge is 0.486 e. The predicted octanol–water partition coefficient (Wildman–Crippen LogP) is -1.35. The van der Waals surface area contributed by atoms with Crippen LogP contribution in [0.5, 0.6) is 0 Å². The van der Waals surface area contributed by atoms with Crippen LogP contribution in [0.3, 0.4) is 0 Å². The molecule has 0 saturated carbocycles. The second kappa shape index (κ2) is 7.05. The Balaban J connectivity index is 1.86. The Hall–Kier alpha value is -0.690. The number of fused-ring (bicyclic) bond motifs is 1. The molecule has 9 nitrogen and oxygen atoms in total. The first-order chi connectivity index (χ1) is 9.89. The Morgan fingerprint density at radius 3 is 2.95 bits per heavy atom. The molecule has 0 aromatic carbocycles. The molecule has 21 heavy (non-hydrogen) atoms. The second-order valence-electron chi connectivity index (χ2n) is 4.22. The zero-order valence-corrected chi connectivity index (χ0v) is 13.1. The van der Waals surface area contributed by atoms with E-state index in [4.69, 9.17) is 26.9 Å². The fourth-order valence-corrected chi connectivity index (χ4v) is 3.55. The maximum absolute atomic E-state index is 11.5. The summed E-state index contributed by atoms with van der Waals surface area (Å²) in [5, 5.41) is -0.134. The van der Waals surface area contributed by atoms with E-state index in [-0.39, 0.29) is 18.5 Å². The van der Waals surface area contributed by atoms with Gasteiger partial charge in [0.1, 0.15) is 12.7 Å². The number of halogens is 1. The highest BCUT2D eigenvalue weighted by atomic mass is 35.5. The van der Waals surface area contributed by atoms with Crippen LogP contribution in [0.25, 0.3) is 0 Å². The van der Waals surface area contributed by atoms with E-state index in [1.807, 2.05) is 0 Å². The van der Waals surface area contributed by atoms with Gasteiger partial charge in [-0.25, -0.2) is 4.21 Å². The highest BCUT2D eigenvalue weighted by Gasteiger charge is 2.27. The molecule has 120 valence electrons. The topological polar surface area (TPSA) is 132 Å². The summed E-state index contributed by atoms with van der Waals surface area (Å²) in [4.78, 5) is 1.76. The summed E-state index contributed by atoms with van der Waals surface area (Å²) in [7, 11) is -3.96. The van der Waals surface area contributed by atoms with Crippen molar-refractivity contribution in [1.82, 2.24) is 13.7 Å². The Morgan fingerprint density at radius 1 is 1.48 bits per heavy atom. The number of allylic oxidation sites excluding steroid dienone is 2. The first kappa shape index (κ1) is 16.7. The summed E-state index contributed by atoms with van der Waals surface area (Å²) in [5.41, 5.74) is 0. The molecule has 1 aliphatic carbocycles. The molecule has 5 N–H and O–H groups in total. The molecule has 0 aromatic heterocycles. The van der Waals surface area contributed by atoms with Gasteiger partial charge >= 0.3 is 0 Å². The molecule has 0 bridgehead atoms. The third-order valence-corrected chi connectivity index (χ3v) is 5.16. The molecule has 1 fully saturated rings. The van der Waals surface area contributed by atoms with Crippen molar-refractivity contribution < 1.29 is 22.1 Å². The van der Waals surface area contributed by atoms with Gasteiger partial charge in [-0.2, -0.15) is 18.0 Å². The highest BCUT2D eigenvalue weighted by molar-refractivity contribution is 8.00. The quantitative estimate of drug-likeness (QED) is 0.263. The molecule has 3 atom stereocenters. The number of alkyl halides is 1. The van der Waals surface area contributed by atoms with E-state index in [1.54, 1.807) is 21.1 Å². The normalized spacial score (nSPS) is 26.8. The second-order valence-corrected chi connectivity index (χ2v) is 7.52. The van der Waals surface area contributed by atoms with Crippen molar-refractivity contribution in [1.29, 1.82) is 0 Å². The number of hydrogen-bond donors (Lipinski definition) is 4. The lowest BCUT2D eigenvalue weighted by Crippen LogP contribution is -2.47. The molecule has 12 heteroatoms. The lowest BCUT2D eigenvalue weighted by molar-refractivity contribution is -0.00539. The fraction of sp³-hybridized carbons (Fsp3) is 0.556. The standard InChI is InChI=1S/C9H15ClN4O5S2/c10-6-1-2-8-9(3-6)18-5-7(19-8)4-12-21(16,17)14-20(15)13-11/h2-3,6-7,12-14H,1,4-5,11H2/t6?,7-,20?/m0/s1. The molecular weight excluding hydrogens is 344 g/mol. The SMILES string of the molecule is NNS(=O)NS(=O)(=O)NC[C@H]1COC2=CC(Cl)CC=C2O1. The molecule has 2 unspecified atom stereocenters. The Bertz CT molecular complexity index is 579. The molecule has 2 rings (SSSR count). The van der Waals surface area contributed by atoms with Crippen LogP contribution in [0.15, 0.2) is 23.7 Å². The van der Waals surface area contributed by atoms with Gasteiger partial charge in [-0.15, -0.1) is 15.7 Å². The number of ether oxygens (including phenoxy) is 2. The zero-order chi connectivity index (χ0) is 15.5. The van der Waals surface area contributed by atoms with Gasteiger partial charge in [0.05, 0.1) is 11.9 Å². The van der Waals surface area contributed by atoms with Crippen LogP contribution < -0.4 is 19.5 Å². The first-order valence-corrected chi connectivity index (χ1v) is 8.97. The molecule has 1 aliphatic heterocycles. The summed E-state index contributed by atoms with van der Waals surface area (Å²) >= 11 is 3.86. The molecule has 1 saturated heterocycles. The van der Waals surface area contributed by atoms with Gasteiger partial charge in [0.25, 0.3) is 10.2 Å². The van der Waals surface area contributed by atoms with E-state index in [0.717, 1.165) is 0 Å². The van der Waals surface area contributed by atoms with Crippen LogP contribution in [-0.4, -0.2) is 37.3 Å². The minimum Gasteiger partial charge on any atom is -0.486 e. The van der Waals surface area contributed by atoms with Crippen molar-refractivity contribution >= 4 is 33.0 Å². The minimum atomic E-state index is -3.96. The van der Waals surface area contributed by atoms with Crippen LogP contribution in [-0.2, 0) is 30.9 Å². The Kier molecular flexibility index (Phi) is 5.60. The van der Waals surface area contributed by atoms with E-state index in [1.165, 1.54) is 0 Å². The van der Waals surface area contributed by atoms with Crippen LogP contribution >= 0.6 is 11.6 Å². The van der Waals surface area contributed by atoms with Crippen molar-refractivity contribution in [3.8, 4) is 0 Å². The van der Waals surface area contributed by atoms with Crippen molar-refractivity contribution in [3.05, 3.63) is 23.7 Å². The van der Waals surface area contributed by atoms with Crippen LogP contribution in [0.2, 0.25) is 0 Å². The smallest absolute Gasteiger partial charge is 0.289 e. The summed E-state index contributed by atoms with van der Waals surface area (Å²) in [6.07, 6.45) is 3.65. The fourth-order valence-electron chi connectivity index (χ4n) is 1.71. The summed E-state index contributed by atoms with van der Waals surface area (Å²) in [6.45, 7) is 0.125. The monoisotopic (exact) mass is 358 g/mol. The average Bonchev–Trinajstić information content (AvgIpc) is 2.44. The highest BCUT2D eigenvalue weighted by Crippen LogP contribution is 2.28. The lowest BCUT2D eigenvalue weighted by Gasteiger charge is -2.30. The van der Waals surface area contributed by atoms with Gasteiger partial charge < -0.3 is 9.47 Å². The van der Waals surface area contributed by atoms with Gasteiger partial charge in [0, 0.05) is 0 Å². The van der Waals surface area contributed by atoms with E-state index in [0.29, 0.717) is 17.9 Å². The van der Waals surface area contributed by atoms with E-state index < -0.39 is 27.5 Å². The Labute approximate surface area is 129 Å². The van der Waals surface area contributed by atoms with Gasteiger partial charge in [-0.3, -0.25) is 5.84 Å². The van der Waals surface area contributed by atoms with Crippen LogP contribution in [0, 0.1) is 0 Å². The molecule has 2 aliphatic rings. The third-order valence-electron chi connectivity index (χ3n) is 2.62. The van der Waals surface area contributed by atoms with Gasteiger partial charge in [0.2, 0.25) is 0 Å². The maximum atomic E-state index is 11.5. The lowest BCUT2D eigenvalue weighted by atomic mass is 10.1. The number of nitrogens with one attached hydrogen (secondary N) is 3. The molecular formula is C9H15ClN4O5S2. The van der Waals surface area contributed by atoms with E-state index in [2.05, 4.69) is 4.72 Å². The number of nitrogens with two attached hydrogens (primary N) is 1. The first-order valence-electron chi connectivity index (χ1n) is 5.90. The van der Waals surface area contributed by atoms with E-state index in [9.17, 15) is 12.6 Å². The average molecular weight is 359 g/mol. The maximum Gasteiger partial charge on any atom is 0.289 e. The molecule has 0 aromatic rings. The summed E-state index contributed by atoms with van der Waals surface area (Å²) in [5.74, 6) is 5.93. The number of hydrogen-bond acceptors (Lipinski definition) is 6.